The van der Waals surface area contributed by atoms with Gasteiger partial charge in [-0.15, -0.1) is 0 Å². The van der Waals surface area contributed by atoms with Crippen LogP contribution in [0.3, 0.4) is 0 Å². The van der Waals surface area contributed by atoms with Crippen LogP contribution in [0.1, 0.15) is 11.1 Å². The molecule has 0 spiro atoms. The van der Waals surface area contributed by atoms with E-state index in [9.17, 15) is 21.6 Å². The molecule has 4 aromatic rings. The van der Waals surface area contributed by atoms with Gasteiger partial charge in [0.15, 0.2) is 0 Å². The van der Waals surface area contributed by atoms with Crippen molar-refractivity contribution < 1.29 is 21.6 Å². The van der Waals surface area contributed by atoms with Gasteiger partial charge in [0.25, 0.3) is 10.0 Å². The summed E-state index contributed by atoms with van der Waals surface area (Å²) in [5.74, 6) is 0. The lowest BCUT2D eigenvalue weighted by molar-refractivity contribution is -0.136. The maximum Gasteiger partial charge on any atom is 0.418 e. The second-order valence-electron chi connectivity index (χ2n) is 7.04. The van der Waals surface area contributed by atoms with E-state index in [0.717, 1.165) is 17.7 Å². The predicted molar refractivity (Wildman–Crippen MR) is 115 cm³/mol. The molecule has 5 nitrogen and oxygen atoms in total. The number of anilines is 1. The van der Waals surface area contributed by atoms with Crippen molar-refractivity contribution in [2.24, 2.45) is 0 Å². The molecule has 0 aliphatic rings. The number of rotatable bonds is 6. The minimum atomic E-state index is -4.71. The van der Waals surface area contributed by atoms with E-state index < -0.39 is 27.5 Å². The zero-order valence-corrected chi connectivity index (χ0v) is 17.4. The van der Waals surface area contributed by atoms with E-state index in [-0.39, 0.29) is 10.6 Å². The van der Waals surface area contributed by atoms with Gasteiger partial charge in [-0.1, -0.05) is 72.8 Å². The average molecular weight is 457 g/mol. The van der Waals surface area contributed by atoms with Crippen molar-refractivity contribution in [3.63, 3.8) is 0 Å². The van der Waals surface area contributed by atoms with E-state index in [2.05, 4.69) is 9.82 Å². The topological polar surface area (TPSA) is 64.0 Å². The Bertz CT molecular complexity index is 1320. The Balaban J connectivity index is 1.78. The highest BCUT2D eigenvalue weighted by molar-refractivity contribution is 7.92. The molecule has 0 amide bonds. The van der Waals surface area contributed by atoms with Gasteiger partial charge < -0.3 is 0 Å². The van der Waals surface area contributed by atoms with Gasteiger partial charge >= 0.3 is 6.18 Å². The average Bonchev–Trinajstić information content (AvgIpc) is 3.19. The zero-order valence-electron chi connectivity index (χ0n) is 16.6. The summed E-state index contributed by atoms with van der Waals surface area (Å²) in [6.07, 6.45) is -3.38. The third-order valence-electron chi connectivity index (χ3n) is 4.73. The summed E-state index contributed by atoms with van der Waals surface area (Å²) < 4.78 is 70.1. The Labute approximate surface area is 183 Å². The molecule has 1 N–H and O–H groups in total. The van der Waals surface area contributed by atoms with E-state index >= 15 is 0 Å². The van der Waals surface area contributed by atoms with Crippen LogP contribution >= 0.6 is 0 Å². The maximum atomic E-state index is 13.4. The standard InChI is InChI=1S/C23H18F3N3O2S/c24-23(25,26)19-13-7-8-14-20(19)28-32(30,31)21-16-29(15-17-9-3-1-4-10-17)27-22(21)18-11-5-2-6-12-18/h1-14,16,28H,15H2. The second-order valence-corrected chi connectivity index (χ2v) is 8.69. The van der Waals surface area contributed by atoms with E-state index in [1.165, 1.54) is 23.0 Å². The Morgan fingerprint density at radius 2 is 1.44 bits per heavy atom. The zero-order chi connectivity index (χ0) is 22.8. The van der Waals surface area contributed by atoms with Gasteiger partial charge in [-0.25, -0.2) is 8.42 Å². The summed E-state index contributed by atoms with van der Waals surface area (Å²) in [4.78, 5) is -0.211. The molecule has 1 heterocycles. The fourth-order valence-electron chi connectivity index (χ4n) is 3.27. The first kappa shape index (κ1) is 21.6. The number of aromatic nitrogens is 2. The van der Waals surface area contributed by atoms with Crippen molar-refractivity contribution in [1.29, 1.82) is 0 Å². The SMILES string of the molecule is O=S(=O)(Nc1ccccc1C(F)(F)F)c1cn(Cc2ccccc2)nc1-c1ccccc1. The lowest BCUT2D eigenvalue weighted by Gasteiger charge is -2.14. The number of hydrogen-bond donors (Lipinski definition) is 1. The molecule has 0 radical (unpaired) electrons. The molecule has 0 saturated carbocycles. The van der Waals surface area contributed by atoms with Crippen molar-refractivity contribution in [2.75, 3.05) is 4.72 Å². The van der Waals surface area contributed by atoms with Crippen molar-refractivity contribution in [2.45, 2.75) is 17.6 Å². The van der Waals surface area contributed by atoms with E-state index in [0.29, 0.717) is 12.1 Å². The number of halogens is 3. The highest BCUT2D eigenvalue weighted by atomic mass is 32.2. The minimum absolute atomic E-state index is 0.151. The predicted octanol–water partition coefficient (Wildman–Crippen LogP) is 5.42. The molecule has 1 aromatic heterocycles. The Morgan fingerprint density at radius 3 is 2.09 bits per heavy atom. The highest BCUT2D eigenvalue weighted by Crippen LogP contribution is 2.36. The van der Waals surface area contributed by atoms with Crippen LogP contribution < -0.4 is 4.72 Å². The third-order valence-corrected chi connectivity index (χ3v) is 6.10. The van der Waals surface area contributed by atoms with Crippen molar-refractivity contribution in [1.82, 2.24) is 9.78 Å². The van der Waals surface area contributed by atoms with Crippen LogP contribution in [0.25, 0.3) is 11.3 Å². The van der Waals surface area contributed by atoms with Gasteiger partial charge in [0.2, 0.25) is 0 Å². The fraction of sp³-hybridized carbons (Fsp3) is 0.0870. The van der Waals surface area contributed by atoms with Crippen molar-refractivity contribution in [3.05, 3.63) is 102 Å². The van der Waals surface area contributed by atoms with Gasteiger partial charge in [-0.3, -0.25) is 9.40 Å². The molecule has 164 valence electrons. The molecule has 9 heteroatoms. The number of benzene rings is 3. The summed E-state index contributed by atoms with van der Waals surface area (Å²) in [6.45, 7) is 0.301. The van der Waals surface area contributed by atoms with Gasteiger partial charge in [0.1, 0.15) is 10.6 Å². The van der Waals surface area contributed by atoms with Crippen LogP contribution in [-0.4, -0.2) is 18.2 Å². The van der Waals surface area contributed by atoms with Crippen LogP contribution in [0.15, 0.2) is 96.0 Å². The summed E-state index contributed by atoms with van der Waals surface area (Å²) in [6, 6.07) is 22.4. The van der Waals surface area contributed by atoms with Crippen molar-refractivity contribution in [3.8, 4) is 11.3 Å². The Hall–Kier alpha value is -3.59. The molecule has 0 saturated heterocycles. The molecule has 0 atom stereocenters. The van der Waals surface area contributed by atoms with Crippen LogP contribution in [0, 0.1) is 0 Å². The molecule has 0 aliphatic carbocycles. The molecule has 3 aromatic carbocycles. The molecular formula is C23H18F3N3O2S. The van der Waals surface area contributed by atoms with Gasteiger partial charge in [-0.05, 0) is 17.7 Å². The minimum Gasteiger partial charge on any atom is -0.279 e. The molecule has 4 rings (SSSR count). The van der Waals surface area contributed by atoms with Crippen molar-refractivity contribution >= 4 is 15.7 Å². The number of nitrogens with zero attached hydrogens (tertiary/aromatic N) is 2. The summed E-state index contributed by atoms with van der Waals surface area (Å²) in [5, 5.41) is 4.43. The molecule has 0 fully saturated rings. The Kier molecular flexibility index (Phi) is 5.75. The number of sulfonamides is 1. The normalized spacial score (nSPS) is 12.0. The lowest BCUT2D eigenvalue weighted by atomic mass is 10.2. The first-order valence-corrected chi connectivity index (χ1v) is 11.1. The molecular weight excluding hydrogens is 439 g/mol. The summed E-state index contributed by atoms with van der Waals surface area (Å²) >= 11 is 0. The maximum absolute atomic E-state index is 13.4. The monoisotopic (exact) mass is 457 g/mol. The Morgan fingerprint density at radius 1 is 0.844 bits per heavy atom. The van der Waals surface area contributed by atoms with E-state index in [1.54, 1.807) is 30.3 Å². The first-order chi connectivity index (χ1) is 15.2. The molecule has 0 aliphatic heterocycles. The van der Waals surface area contributed by atoms with Gasteiger partial charge in [-0.2, -0.15) is 18.3 Å². The van der Waals surface area contributed by atoms with Gasteiger partial charge in [0.05, 0.1) is 17.8 Å². The van der Waals surface area contributed by atoms with E-state index in [4.69, 9.17) is 0 Å². The molecule has 0 unspecified atom stereocenters. The molecule has 32 heavy (non-hydrogen) atoms. The number of para-hydroxylation sites is 1. The number of nitrogens with one attached hydrogen (secondary N) is 1. The number of alkyl halides is 3. The molecule has 0 bridgehead atoms. The van der Waals surface area contributed by atoms with Crippen LogP contribution in [-0.2, 0) is 22.7 Å². The van der Waals surface area contributed by atoms with Gasteiger partial charge in [0, 0.05) is 11.8 Å². The largest absolute Gasteiger partial charge is 0.418 e. The lowest BCUT2D eigenvalue weighted by Crippen LogP contribution is -2.17. The van der Waals surface area contributed by atoms with Crippen LogP contribution in [0.4, 0.5) is 18.9 Å². The smallest absolute Gasteiger partial charge is 0.279 e. The quantitative estimate of drug-likeness (QED) is 0.421. The third kappa shape index (κ3) is 4.67. The first-order valence-electron chi connectivity index (χ1n) is 9.60. The second kappa shape index (κ2) is 8.51. The summed E-state index contributed by atoms with van der Waals surface area (Å²) in [7, 11) is -4.38. The van der Waals surface area contributed by atoms with Crippen LogP contribution in [0.2, 0.25) is 0 Å². The fourth-order valence-corrected chi connectivity index (χ4v) is 4.52. The number of hydrogen-bond acceptors (Lipinski definition) is 3. The van der Waals surface area contributed by atoms with Crippen LogP contribution in [0.5, 0.6) is 0 Å². The highest BCUT2D eigenvalue weighted by Gasteiger charge is 2.35. The summed E-state index contributed by atoms with van der Waals surface area (Å²) in [5.41, 5.74) is -0.0346. The van der Waals surface area contributed by atoms with E-state index in [1.807, 2.05) is 30.3 Å².